The predicted octanol–water partition coefficient (Wildman–Crippen LogP) is 1.91. The molecule has 1 aliphatic rings. The minimum Gasteiger partial charge on any atom is -0.396 e. The van der Waals surface area contributed by atoms with Crippen LogP contribution in [-0.2, 0) is 14.8 Å². The summed E-state index contributed by atoms with van der Waals surface area (Å²) in [5, 5.41) is -0.205. The van der Waals surface area contributed by atoms with E-state index in [9.17, 15) is 12.8 Å². The van der Waals surface area contributed by atoms with E-state index in [0.717, 1.165) is 25.0 Å². The molecule has 1 saturated heterocycles. The molecule has 1 aromatic rings. The molecule has 0 spiro atoms. The van der Waals surface area contributed by atoms with E-state index in [4.69, 9.17) is 22.1 Å². The van der Waals surface area contributed by atoms with Gasteiger partial charge < -0.3 is 10.5 Å². The summed E-state index contributed by atoms with van der Waals surface area (Å²) in [5.41, 5.74) is 5.12. The zero-order valence-corrected chi connectivity index (χ0v) is 12.5. The van der Waals surface area contributed by atoms with E-state index < -0.39 is 21.9 Å². The SMILES string of the molecule is CC(NS(=O)(=O)c1cc(N)c(F)cc1Cl)C1CCCO1. The molecule has 8 heteroatoms. The summed E-state index contributed by atoms with van der Waals surface area (Å²) in [6.45, 7) is 2.34. The first kappa shape index (κ1) is 15.5. The molecule has 0 amide bonds. The summed E-state index contributed by atoms with van der Waals surface area (Å²) in [5.74, 6) is -0.749. The minimum atomic E-state index is -3.88. The fraction of sp³-hybridized carbons (Fsp3) is 0.500. The molecule has 20 heavy (non-hydrogen) atoms. The van der Waals surface area contributed by atoms with Crippen molar-refractivity contribution in [2.75, 3.05) is 12.3 Å². The van der Waals surface area contributed by atoms with Crippen molar-refractivity contribution in [3.8, 4) is 0 Å². The van der Waals surface area contributed by atoms with Crippen molar-refractivity contribution in [1.29, 1.82) is 0 Å². The summed E-state index contributed by atoms with van der Waals surface area (Å²) >= 11 is 5.78. The molecule has 3 N–H and O–H groups in total. The molecule has 0 saturated carbocycles. The number of hydrogen-bond donors (Lipinski definition) is 2. The van der Waals surface area contributed by atoms with Crippen LogP contribution in [-0.4, -0.2) is 27.2 Å². The van der Waals surface area contributed by atoms with Gasteiger partial charge in [-0.2, -0.15) is 0 Å². The molecule has 0 radical (unpaired) electrons. The average molecular weight is 323 g/mol. The van der Waals surface area contributed by atoms with E-state index in [1.54, 1.807) is 6.92 Å². The smallest absolute Gasteiger partial charge is 0.242 e. The Morgan fingerprint density at radius 2 is 2.25 bits per heavy atom. The van der Waals surface area contributed by atoms with Crippen LogP contribution in [0.4, 0.5) is 10.1 Å². The lowest BCUT2D eigenvalue weighted by molar-refractivity contribution is 0.0902. The Bertz CT molecular complexity index is 603. The van der Waals surface area contributed by atoms with Crippen molar-refractivity contribution < 1.29 is 17.5 Å². The number of hydrogen-bond acceptors (Lipinski definition) is 4. The Labute approximate surface area is 122 Å². The van der Waals surface area contributed by atoms with Crippen molar-refractivity contribution in [2.24, 2.45) is 0 Å². The Hall–Kier alpha value is -0.890. The number of sulfonamides is 1. The second-order valence-electron chi connectivity index (χ2n) is 4.77. The molecule has 1 heterocycles. The Kier molecular flexibility index (Phi) is 4.53. The summed E-state index contributed by atoms with van der Waals surface area (Å²) in [4.78, 5) is -0.233. The van der Waals surface area contributed by atoms with Crippen molar-refractivity contribution in [1.82, 2.24) is 4.72 Å². The fourth-order valence-electron chi connectivity index (χ4n) is 2.13. The topological polar surface area (TPSA) is 81.4 Å². The summed E-state index contributed by atoms with van der Waals surface area (Å²) in [6.07, 6.45) is 1.53. The molecule has 112 valence electrons. The lowest BCUT2D eigenvalue weighted by atomic mass is 10.1. The van der Waals surface area contributed by atoms with Gasteiger partial charge in [-0.25, -0.2) is 17.5 Å². The van der Waals surface area contributed by atoms with Crippen molar-refractivity contribution in [3.63, 3.8) is 0 Å². The van der Waals surface area contributed by atoms with Crippen LogP contribution >= 0.6 is 11.6 Å². The van der Waals surface area contributed by atoms with Crippen LogP contribution in [0, 0.1) is 5.82 Å². The molecule has 0 aromatic heterocycles. The van der Waals surface area contributed by atoms with Gasteiger partial charge in [-0.1, -0.05) is 11.6 Å². The molecule has 2 rings (SSSR count). The second kappa shape index (κ2) is 5.85. The molecular weight excluding hydrogens is 307 g/mol. The van der Waals surface area contributed by atoms with Crippen LogP contribution in [0.25, 0.3) is 0 Å². The maximum absolute atomic E-state index is 13.2. The molecule has 1 aromatic carbocycles. The number of anilines is 1. The van der Waals surface area contributed by atoms with E-state index in [-0.39, 0.29) is 21.7 Å². The number of halogens is 2. The third-order valence-corrected chi connectivity index (χ3v) is 5.23. The second-order valence-corrected chi connectivity index (χ2v) is 6.86. The fourth-order valence-corrected chi connectivity index (χ4v) is 3.95. The number of nitrogens with two attached hydrogens (primary N) is 1. The van der Waals surface area contributed by atoms with E-state index in [0.29, 0.717) is 6.61 Å². The highest BCUT2D eigenvalue weighted by atomic mass is 35.5. The third-order valence-electron chi connectivity index (χ3n) is 3.20. The average Bonchev–Trinajstić information content (AvgIpc) is 2.86. The normalized spacial score (nSPS) is 21.1. The van der Waals surface area contributed by atoms with Gasteiger partial charge in [0, 0.05) is 12.6 Å². The lowest BCUT2D eigenvalue weighted by Gasteiger charge is -2.20. The van der Waals surface area contributed by atoms with Gasteiger partial charge in [-0.3, -0.25) is 0 Å². The number of benzene rings is 1. The van der Waals surface area contributed by atoms with E-state index in [1.807, 2.05) is 0 Å². The van der Waals surface area contributed by atoms with Gasteiger partial charge in [0.05, 0.1) is 16.8 Å². The van der Waals surface area contributed by atoms with Crippen LogP contribution in [0.1, 0.15) is 19.8 Å². The monoisotopic (exact) mass is 322 g/mol. The van der Waals surface area contributed by atoms with Gasteiger partial charge in [0.2, 0.25) is 10.0 Å². The number of rotatable bonds is 4. The van der Waals surface area contributed by atoms with Gasteiger partial charge in [0.15, 0.2) is 0 Å². The first-order chi connectivity index (χ1) is 9.31. The van der Waals surface area contributed by atoms with Gasteiger partial charge in [0.1, 0.15) is 10.7 Å². The number of nitrogen functional groups attached to an aromatic ring is 1. The number of nitrogens with one attached hydrogen (secondary N) is 1. The zero-order chi connectivity index (χ0) is 14.9. The highest BCUT2D eigenvalue weighted by Crippen LogP contribution is 2.27. The lowest BCUT2D eigenvalue weighted by Crippen LogP contribution is -2.40. The largest absolute Gasteiger partial charge is 0.396 e. The Morgan fingerprint density at radius 3 is 2.85 bits per heavy atom. The zero-order valence-electron chi connectivity index (χ0n) is 10.9. The molecule has 1 aliphatic heterocycles. The first-order valence-corrected chi connectivity index (χ1v) is 8.06. The van der Waals surface area contributed by atoms with E-state index >= 15 is 0 Å². The van der Waals surface area contributed by atoms with E-state index in [1.165, 1.54) is 0 Å². The Balaban J connectivity index is 2.24. The molecule has 0 aliphatic carbocycles. The molecule has 2 unspecified atom stereocenters. The van der Waals surface area contributed by atoms with Gasteiger partial charge in [0.25, 0.3) is 0 Å². The maximum atomic E-state index is 13.2. The van der Waals surface area contributed by atoms with Crippen LogP contribution in [0.3, 0.4) is 0 Å². The van der Waals surface area contributed by atoms with Crippen molar-refractivity contribution >= 4 is 27.3 Å². The first-order valence-electron chi connectivity index (χ1n) is 6.19. The molecule has 0 bridgehead atoms. The van der Waals surface area contributed by atoms with Crippen LogP contribution in [0.15, 0.2) is 17.0 Å². The molecule has 2 atom stereocenters. The summed E-state index contributed by atoms with van der Waals surface area (Å²) in [7, 11) is -3.88. The standard InChI is InChI=1S/C12H16ClFN2O3S/c1-7(11-3-2-4-19-11)16-20(17,18)12-6-10(15)9(14)5-8(12)13/h5-7,11,16H,2-4,15H2,1H3. The van der Waals surface area contributed by atoms with Crippen molar-refractivity contribution in [3.05, 3.63) is 23.0 Å². The van der Waals surface area contributed by atoms with Gasteiger partial charge >= 0.3 is 0 Å². The summed E-state index contributed by atoms with van der Waals surface area (Å²) < 4.78 is 45.6. The molecular formula is C12H16ClFN2O3S. The Morgan fingerprint density at radius 1 is 1.55 bits per heavy atom. The van der Waals surface area contributed by atoms with E-state index in [2.05, 4.69) is 4.72 Å². The highest BCUT2D eigenvalue weighted by Gasteiger charge is 2.28. The predicted molar refractivity (Wildman–Crippen MR) is 74.6 cm³/mol. The molecule has 1 fully saturated rings. The third kappa shape index (κ3) is 3.22. The quantitative estimate of drug-likeness (QED) is 0.830. The van der Waals surface area contributed by atoms with Gasteiger partial charge in [-0.15, -0.1) is 0 Å². The number of ether oxygens (including phenoxy) is 1. The summed E-state index contributed by atoms with van der Waals surface area (Å²) in [6, 6.07) is 1.51. The highest BCUT2D eigenvalue weighted by molar-refractivity contribution is 7.89. The van der Waals surface area contributed by atoms with Crippen LogP contribution in [0.5, 0.6) is 0 Å². The van der Waals surface area contributed by atoms with Crippen LogP contribution < -0.4 is 10.5 Å². The van der Waals surface area contributed by atoms with Crippen LogP contribution in [0.2, 0.25) is 5.02 Å². The van der Waals surface area contributed by atoms with Gasteiger partial charge in [-0.05, 0) is 31.9 Å². The molecule has 5 nitrogen and oxygen atoms in total. The van der Waals surface area contributed by atoms with Crippen molar-refractivity contribution in [2.45, 2.75) is 36.8 Å². The maximum Gasteiger partial charge on any atom is 0.242 e. The minimum absolute atomic E-state index is 0.165.